The molecule has 0 N–H and O–H groups in total. The summed E-state index contributed by atoms with van der Waals surface area (Å²) in [6.07, 6.45) is 0. The van der Waals surface area contributed by atoms with Gasteiger partial charge >= 0.3 is 0 Å². The summed E-state index contributed by atoms with van der Waals surface area (Å²) >= 11 is 0. The molecule has 4 heteroatoms. The third-order valence-corrected chi connectivity index (χ3v) is 13.4. The first-order chi connectivity index (χ1) is 30.0. The number of rotatable bonds is 6. The lowest BCUT2D eigenvalue weighted by Gasteiger charge is -2.27. The maximum atomic E-state index is 6.80. The molecule has 0 bridgehead atoms. The van der Waals surface area contributed by atoms with Gasteiger partial charge in [0.05, 0.1) is 0 Å². The molecule has 2 heterocycles. The Morgan fingerprint density at radius 3 is 1.00 bits per heavy atom. The predicted octanol–water partition coefficient (Wildman–Crippen LogP) is 17.2. The topological polar surface area (TPSA) is 32.8 Å². The van der Waals surface area contributed by atoms with Crippen LogP contribution in [0.15, 0.2) is 154 Å². The summed E-state index contributed by atoms with van der Waals surface area (Å²) in [4.78, 5) is 4.72. The molecule has 4 nitrogen and oxygen atoms in total. The molecule has 0 spiro atoms. The largest absolute Gasteiger partial charge is 0.455 e. The van der Waals surface area contributed by atoms with Crippen molar-refractivity contribution >= 4 is 99.5 Å². The molecule has 62 heavy (non-hydrogen) atoms. The molecule has 0 aliphatic carbocycles. The van der Waals surface area contributed by atoms with Crippen LogP contribution >= 0.6 is 0 Å². The molecular weight excluding hydrogens is 757 g/mol. The quantitative estimate of drug-likeness (QED) is 0.168. The summed E-state index contributed by atoms with van der Waals surface area (Å²) in [7, 11) is 0. The molecule has 2 aromatic heterocycles. The van der Waals surface area contributed by atoms with Crippen molar-refractivity contribution in [3.05, 3.63) is 190 Å². The van der Waals surface area contributed by atoms with Crippen LogP contribution in [-0.4, -0.2) is 0 Å². The van der Waals surface area contributed by atoms with Gasteiger partial charge in [0.2, 0.25) is 0 Å². The minimum atomic E-state index is 0.853. The lowest BCUT2D eigenvalue weighted by molar-refractivity contribution is 0.667. The molecule has 0 unspecified atom stereocenters. The Hall–Kier alpha value is -7.30. The van der Waals surface area contributed by atoms with Crippen LogP contribution in [0.1, 0.15) is 44.5 Å². The van der Waals surface area contributed by atoms with E-state index in [4.69, 9.17) is 8.83 Å². The van der Waals surface area contributed by atoms with E-state index in [1.807, 2.05) is 0 Å². The fraction of sp³-hybridized carbons (Fsp3) is 0.138. The first-order valence-electron chi connectivity index (χ1n) is 21.6. The van der Waals surface area contributed by atoms with Crippen molar-refractivity contribution in [3.8, 4) is 0 Å². The second kappa shape index (κ2) is 14.1. The summed E-state index contributed by atoms with van der Waals surface area (Å²) in [5, 5.41) is 8.68. The lowest BCUT2D eigenvalue weighted by atomic mass is 10.0. The van der Waals surface area contributed by atoms with E-state index in [1.54, 1.807) is 0 Å². The van der Waals surface area contributed by atoms with Gasteiger partial charge < -0.3 is 18.6 Å². The minimum Gasteiger partial charge on any atom is -0.455 e. The van der Waals surface area contributed by atoms with E-state index >= 15 is 0 Å². The van der Waals surface area contributed by atoms with Crippen LogP contribution in [0, 0.1) is 55.4 Å². The van der Waals surface area contributed by atoms with Crippen LogP contribution < -0.4 is 9.80 Å². The molecule has 0 radical (unpaired) electrons. The summed E-state index contributed by atoms with van der Waals surface area (Å²) in [6.45, 7) is 17.5. The molecule has 11 rings (SSSR count). The smallest absolute Gasteiger partial charge is 0.143 e. The summed E-state index contributed by atoms with van der Waals surface area (Å²) < 4.78 is 13.6. The average Bonchev–Trinajstić information content (AvgIpc) is 3.83. The molecule has 11 aromatic rings. The zero-order chi connectivity index (χ0) is 42.6. The molecule has 0 aliphatic heterocycles. The number of aryl methyl sites for hydroxylation is 6. The normalized spacial score (nSPS) is 11.9. The van der Waals surface area contributed by atoms with Crippen molar-refractivity contribution in [2.45, 2.75) is 55.4 Å². The summed E-state index contributed by atoms with van der Waals surface area (Å²) in [5.41, 5.74) is 20.5. The number of hydrogen-bond donors (Lipinski definition) is 0. The Kier molecular flexibility index (Phi) is 8.59. The van der Waals surface area contributed by atoms with Crippen molar-refractivity contribution in [2.24, 2.45) is 0 Å². The first kappa shape index (κ1) is 37.7. The van der Waals surface area contributed by atoms with Crippen molar-refractivity contribution in [1.29, 1.82) is 0 Å². The van der Waals surface area contributed by atoms with E-state index in [2.05, 4.69) is 211 Å². The van der Waals surface area contributed by atoms with Gasteiger partial charge in [-0.1, -0.05) is 47.5 Å². The van der Waals surface area contributed by atoms with E-state index in [1.165, 1.54) is 44.5 Å². The Bertz CT molecular complexity index is 3320. The average molecular weight is 805 g/mol. The van der Waals surface area contributed by atoms with E-state index in [0.717, 1.165) is 99.5 Å². The fourth-order valence-electron chi connectivity index (χ4n) is 9.44. The Morgan fingerprint density at radius 2 is 0.629 bits per heavy atom. The number of hydrogen-bond acceptors (Lipinski definition) is 4. The zero-order valence-corrected chi connectivity index (χ0v) is 36.6. The van der Waals surface area contributed by atoms with Gasteiger partial charge in [0, 0.05) is 66.4 Å². The standard InChI is InChI=1S/C58H48N2O2/c1-33-9-15-43(16-10-33)59(47-25-35(3)39(7)36(4)26-47)45-19-23-49-41(29-45)13-21-51-53-31-56-54(32-55(53)61-57(49)51)52-22-14-42-30-46(20-24-50(42)58(52)62-56)60(44-17-11-34(2)12-18-44)48-27-37(5)40(8)38(6)28-48/h9-32H,1-8H3. The maximum Gasteiger partial charge on any atom is 0.143 e. The van der Waals surface area contributed by atoms with Crippen molar-refractivity contribution < 1.29 is 8.83 Å². The van der Waals surface area contributed by atoms with Crippen LogP contribution in [0.3, 0.4) is 0 Å². The predicted molar refractivity (Wildman–Crippen MR) is 263 cm³/mol. The van der Waals surface area contributed by atoms with Crippen molar-refractivity contribution in [1.82, 2.24) is 0 Å². The zero-order valence-electron chi connectivity index (χ0n) is 36.6. The highest BCUT2D eigenvalue weighted by atomic mass is 16.3. The highest BCUT2D eigenvalue weighted by Crippen LogP contribution is 2.44. The van der Waals surface area contributed by atoms with Gasteiger partial charge in [-0.3, -0.25) is 0 Å². The SMILES string of the molecule is Cc1ccc(N(c2cc(C)c(C)c(C)c2)c2ccc3c(ccc4c5cc6oc7c8ccc(N(c9ccc(C)cc9)c9cc(C)c(C)c(C)c9)cc8ccc7c6cc5oc34)c2)cc1. The number of benzene rings is 9. The molecule has 302 valence electrons. The molecule has 0 saturated heterocycles. The van der Waals surface area contributed by atoms with Gasteiger partial charge in [0.15, 0.2) is 0 Å². The van der Waals surface area contributed by atoms with E-state index in [-0.39, 0.29) is 0 Å². The third kappa shape index (κ3) is 6.04. The van der Waals surface area contributed by atoms with Gasteiger partial charge in [-0.25, -0.2) is 0 Å². The van der Waals surface area contributed by atoms with Crippen LogP contribution in [-0.2, 0) is 0 Å². The molecule has 0 saturated carbocycles. The number of nitrogens with zero attached hydrogens (tertiary/aromatic N) is 2. The molecule has 0 atom stereocenters. The number of furan rings is 2. The van der Waals surface area contributed by atoms with E-state index < -0.39 is 0 Å². The lowest BCUT2D eigenvalue weighted by Crippen LogP contribution is -2.11. The Balaban J connectivity index is 1.01. The number of fused-ring (bicyclic) bond motifs is 10. The second-order valence-corrected chi connectivity index (χ2v) is 17.5. The molecule has 0 aliphatic rings. The Morgan fingerprint density at radius 1 is 0.290 bits per heavy atom. The molecule has 9 aromatic carbocycles. The monoisotopic (exact) mass is 804 g/mol. The van der Waals surface area contributed by atoms with E-state index in [9.17, 15) is 0 Å². The van der Waals surface area contributed by atoms with Crippen LogP contribution in [0.2, 0.25) is 0 Å². The second-order valence-electron chi connectivity index (χ2n) is 17.5. The molecule has 0 fully saturated rings. The maximum absolute atomic E-state index is 6.80. The highest BCUT2D eigenvalue weighted by Gasteiger charge is 2.21. The minimum absolute atomic E-state index is 0.853. The van der Waals surface area contributed by atoms with Crippen molar-refractivity contribution in [2.75, 3.05) is 9.80 Å². The summed E-state index contributed by atoms with van der Waals surface area (Å²) in [6, 6.07) is 53.4. The first-order valence-corrected chi connectivity index (χ1v) is 21.6. The fourth-order valence-corrected chi connectivity index (χ4v) is 9.44. The van der Waals surface area contributed by atoms with Crippen molar-refractivity contribution in [3.63, 3.8) is 0 Å². The van der Waals surface area contributed by atoms with Crippen LogP contribution in [0.4, 0.5) is 34.1 Å². The Labute approximate surface area is 362 Å². The molecule has 0 amide bonds. The van der Waals surface area contributed by atoms with Gasteiger partial charge in [-0.2, -0.15) is 0 Å². The van der Waals surface area contributed by atoms with Crippen LogP contribution in [0.25, 0.3) is 65.4 Å². The van der Waals surface area contributed by atoms with E-state index in [0.29, 0.717) is 0 Å². The molecular formula is C58H48N2O2. The summed E-state index contributed by atoms with van der Waals surface area (Å²) in [5.74, 6) is 0. The van der Waals surface area contributed by atoms with Gasteiger partial charge in [0.25, 0.3) is 0 Å². The number of anilines is 6. The highest BCUT2D eigenvalue weighted by molar-refractivity contribution is 6.21. The third-order valence-electron chi connectivity index (χ3n) is 13.4. The van der Waals surface area contributed by atoms with Gasteiger partial charge in [-0.15, -0.1) is 0 Å². The van der Waals surface area contributed by atoms with Crippen LogP contribution in [0.5, 0.6) is 0 Å². The van der Waals surface area contributed by atoms with Gasteiger partial charge in [0.1, 0.15) is 22.3 Å². The van der Waals surface area contributed by atoms with Gasteiger partial charge in [-0.05, 0) is 209 Å².